The molecule has 2 aliphatic heterocycles. The molecule has 3 N–H and O–H groups in total. The van der Waals surface area contributed by atoms with Crippen LogP contribution in [0.15, 0.2) is 96.4 Å². The van der Waals surface area contributed by atoms with Crippen molar-refractivity contribution < 1.29 is 23.9 Å². The number of benzene rings is 3. The molecule has 0 spiro atoms. The Morgan fingerprint density at radius 1 is 0.741 bits per heavy atom. The molecule has 302 valence electrons. The van der Waals surface area contributed by atoms with Crippen molar-refractivity contribution in [2.24, 2.45) is 11.8 Å². The Morgan fingerprint density at radius 3 is 1.79 bits per heavy atom. The second-order valence-electron chi connectivity index (χ2n) is 15.8. The molecule has 0 aliphatic carbocycles. The minimum Gasteiger partial charge on any atom is -0.453 e. The molecular weight excluding hydrogens is 731 g/mol. The number of aromatic nitrogens is 4. The number of nitrogens with zero attached hydrogens (tertiary/aromatic N) is 4. The first kappa shape index (κ1) is 40.2. The number of rotatable bonds is 12. The predicted molar refractivity (Wildman–Crippen MR) is 225 cm³/mol. The molecule has 6 atom stereocenters. The number of aromatic amines is 2. The molecule has 7 rings (SSSR count). The van der Waals surface area contributed by atoms with Gasteiger partial charge in [-0.05, 0) is 66.3 Å². The molecule has 0 saturated heterocycles. The van der Waals surface area contributed by atoms with E-state index in [1.165, 1.54) is 7.11 Å². The lowest BCUT2D eigenvalue weighted by Gasteiger charge is -2.31. The summed E-state index contributed by atoms with van der Waals surface area (Å²) in [5.41, 5.74) is 8.12. The SMILES string of the molecule is CC[C@H](C)[C@H](NC(=O)OC)C(=O)N1CC(C)=C[C@H]1c1ncc(-c2ccc3cc(-c4ccc(-c5cnc([C@@H]6C=C(C)CN6C(=O)[C@@H](C)[C@@H](C)OC)[nH]5)cc4)ccc3c2)[nH]1. The van der Waals surface area contributed by atoms with Gasteiger partial charge in [-0.15, -0.1) is 0 Å². The van der Waals surface area contributed by atoms with Crippen molar-refractivity contribution in [1.29, 1.82) is 0 Å². The molecule has 5 aromatic rings. The Hall–Kier alpha value is -6.01. The third-order valence-electron chi connectivity index (χ3n) is 11.8. The number of fused-ring (bicyclic) bond motifs is 1. The van der Waals surface area contributed by atoms with Crippen LogP contribution in [-0.2, 0) is 19.1 Å². The first-order valence-electron chi connectivity index (χ1n) is 20.0. The highest BCUT2D eigenvalue weighted by Crippen LogP contribution is 2.35. The van der Waals surface area contributed by atoms with E-state index in [-0.39, 0.29) is 41.8 Å². The summed E-state index contributed by atoms with van der Waals surface area (Å²) < 4.78 is 10.3. The first-order chi connectivity index (χ1) is 27.9. The van der Waals surface area contributed by atoms with Gasteiger partial charge in [0.25, 0.3) is 0 Å². The zero-order valence-electron chi connectivity index (χ0n) is 34.5. The van der Waals surface area contributed by atoms with Crippen LogP contribution in [0.3, 0.4) is 0 Å². The number of H-pyrrole nitrogens is 2. The maximum atomic E-state index is 13.8. The number of carbonyl (C=O) groups excluding carboxylic acids is 3. The van der Waals surface area contributed by atoms with Crippen molar-refractivity contribution in [3.05, 3.63) is 108 Å². The highest BCUT2D eigenvalue weighted by Gasteiger charge is 2.38. The van der Waals surface area contributed by atoms with Crippen LogP contribution in [0.1, 0.15) is 71.7 Å². The smallest absolute Gasteiger partial charge is 0.407 e. The zero-order valence-corrected chi connectivity index (χ0v) is 34.5. The number of methoxy groups -OCH3 is 2. The summed E-state index contributed by atoms with van der Waals surface area (Å²) >= 11 is 0. The molecule has 4 heterocycles. The number of nitrogens with one attached hydrogen (secondary N) is 3. The molecule has 12 heteroatoms. The van der Waals surface area contributed by atoms with Crippen molar-refractivity contribution in [3.63, 3.8) is 0 Å². The summed E-state index contributed by atoms with van der Waals surface area (Å²) in [6.07, 6.45) is 7.71. The average molecular weight is 784 g/mol. The van der Waals surface area contributed by atoms with Crippen molar-refractivity contribution in [2.45, 2.75) is 72.2 Å². The molecule has 2 aromatic heterocycles. The van der Waals surface area contributed by atoms with Crippen LogP contribution in [0.2, 0.25) is 0 Å². The number of carbonyl (C=O) groups is 3. The number of ether oxygens (including phenoxy) is 2. The third-order valence-corrected chi connectivity index (χ3v) is 11.8. The standard InChI is InChI=1S/C46H53N7O5/c1-9-28(4)41(51-46(56)58-8)45(55)53-25-27(3)19-40(53)43-48-23-38(50-43)36-17-16-34-20-33(14-15-35(34)21-36)31-10-12-32(13-11-31)37-22-47-42(49-37)39-18-26(2)24-52(39)44(54)29(5)30(6)57-7/h10-23,28-30,39-41H,9,24-25H2,1-8H3,(H,47,49)(H,48,50)(H,51,56)/t28-,29-,30+,39-,40-,41-/m0/s1. The maximum absolute atomic E-state index is 13.8. The van der Waals surface area contributed by atoms with E-state index in [0.29, 0.717) is 18.9 Å². The number of hydrogen-bond acceptors (Lipinski definition) is 7. The van der Waals surface area contributed by atoms with E-state index in [9.17, 15) is 14.4 Å². The third kappa shape index (κ3) is 8.06. The van der Waals surface area contributed by atoms with Gasteiger partial charge in [-0.1, -0.05) is 99.0 Å². The van der Waals surface area contributed by atoms with Crippen molar-refractivity contribution >= 4 is 28.7 Å². The predicted octanol–water partition coefficient (Wildman–Crippen LogP) is 8.39. The molecule has 3 amide bonds. The minimum absolute atomic E-state index is 0.0497. The van der Waals surface area contributed by atoms with Gasteiger partial charge in [0.1, 0.15) is 29.8 Å². The Kier molecular flexibility index (Phi) is 11.7. The van der Waals surface area contributed by atoms with E-state index in [1.54, 1.807) is 12.0 Å². The maximum Gasteiger partial charge on any atom is 0.407 e. The lowest BCUT2D eigenvalue weighted by atomic mass is 9.97. The van der Waals surface area contributed by atoms with Crippen molar-refractivity contribution in [2.75, 3.05) is 27.3 Å². The van der Waals surface area contributed by atoms with Gasteiger partial charge in [0.05, 0.1) is 42.9 Å². The fraction of sp³-hybridized carbons (Fsp3) is 0.370. The molecule has 58 heavy (non-hydrogen) atoms. The van der Waals surface area contributed by atoms with E-state index < -0.39 is 12.1 Å². The van der Waals surface area contributed by atoms with E-state index >= 15 is 0 Å². The van der Waals surface area contributed by atoms with Gasteiger partial charge < -0.3 is 34.6 Å². The van der Waals surface area contributed by atoms with Crippen LogP contribution in [0.4, 0.5) is 4.79 Å². The van der Waals surface area contributed by atoms with Gasteiger partial charge in [0.15, 0.2) is 0 Å². The van der Waals surface area contributed by atoms with E-state index in [4.69, 9.17) is 19.4 Å². The first-order valence-corrected chi connectivity index (χ1v) is 20.0. The van der Waals surface area contributed by atoms with Crippen molar-refractivity contribution in [1.82, 2.24) is 35.1 Å². The summed E-state index contributed by atoms with van der Waals surface area (Å²) in [5.74, 6) is 0.941. The summed E-state index contributed by atoms with van der Waals surface area (Å²) in [5, 5.41) is 4.95. The quantitative estimate of drug-likeness (QED) is 0.108. The van der Waals surface area contributed by atoms with Crippen molar-refractivity contribution in [3.8, 4) is 33.6 Å². The van der Waals surface area contributed by atoms with E-state index in [0.717, 1.165) is 67.8 Å². The molecular formula is C46H53N7O5. The lowest BCUT2D eigenvalue weighted by Crippen LogP contribution is -2.51. The molecule has 2 aliphatic rings. The average Bonchev–Trinajstić information content (AvgIpc) is 4.08. The fourth-order valence-electron chi connectivity index (χ4n) is 7.86. The lowest BCUT2D eigenvalue weighted by molar-refractivity contribution is -0.139. The zero-order chi connectivity index (χ0) is 41.2. The van der Waals surface area contributed by atoms with Crippen LogP contribution in [0.5, 0.6) is 0 Å². The number of alkyl carbamates (subject to hydrolysis) is 1. The van der Waals surface area contributed by atoms with Gasteiger partial charge in [-0.3, -0.25) is 9.59 Å². The highest BCUT2D eigenvalue weighted by molar-refractivity contribution is 5.91. The number of amides is 3. The van der Waals surface area contributed by atoms with Gasteiger partial charge >= 0.3 is 6.09 Å². The molecule has 0 saturated carbocycles. The minimum atomic E-state index is -0.712. The monoisotopic (exact) mass is 783 g/mol. The normalized spacial score (nSPS) is 18.8. The van der Waals surface area contributed by atoms with Crippen LogP contribution in [-0.4, -0.2) is 87.1 Å². The molecule has 12 nitrogen and oxygen atoms in total. The van der Waals surface area contributed by atoms with Crippen LogP contribution >= 0.6 is 0 Å². The summed E-state index contributed by atoms with van der Waals surface area (Å²) in [6, 6.07) is 19.9. The topological polar surface area (TPSA) is 146 Å². The van der Waals surface area contributed by atoms with E-state index in [2.05, 4.69) is 82.0 Å². The second-order valence-corrected chi connectivity index (χ2v) is 15.8. The molecule has 0 fully saturated rings. The Bertz CT molecular complexity index is 2380. The number of imidazole rings is 2. The molecule has 0 unspecified atom stereocenters. The fourth-order valence-corrected chi connectivity index (χ4v) is 7.86. The van der Waals surface area contributed by atoms with Crippen LogP contribution in [0.25, 0.3) is 44.4 Å². The largest absolute Gasteiger partial charge is 0.453 e. The Balaban J connectivity index is 1.05. The van der Waals surface area contributed by atoms with Gasteiger partial charge in [-0.2, -0.15) is 0 Å². The number of hydrogen-bond donors (Lipinski definition) is 3. The Morgan fingerprint density at radius 2 is 1.24 bits per heavy atom. The second kappa shape index (κ2) is 16.8. The van der Waals surface area contributed by atoms with Crippen LogP contribution < -0.4 is 5.32 Å². The molecule has 3 aromatic carbocycles. The summed E-state index contributed by atoms with van der Waals surface area (Å²) in [4.78, 5) is 59.4. The Labute approximate surface area is 339 Å². The molecule has 0 bridgehead atoms. The van der Waals surface area contributed by atoms with E-state index in [1.807, 2.05) is 64.9 Å². The summed E-state index contributed by atoms with van der Waals surface area (Å²) in [6.45, 7) is 12.8. The van der Waals surface area contributed by atoms with Gasteiger partial charge in [-0.25, -0.2) is 14.8 Å². The van der Waals surface area contributed by atoms with Gasteiger partial charge in [0.2, 0.25) is 11.8 Å². The molecule has 0 radical (unpaired) electrons. The van der Waals surface area contributed by atoms with Crippen LogP contribution in [0, 0.1) is 11.8 Å². The highest BCUT2D eigenvalue weighted by atomic mass is 16.5. The summed E-state index contributed by atoms with van der Waals surface area (Å²) in [7, 11) is 2.93. The van der Waals surface area contributed by atoms with Gasteiger partial charge in [0, 0.05) is 25.8 Å².